The fraction of sp³-hybridized carbons (Fsp3) is 0.167. The van der Waals surface area contributed by atoms with Crippen LogP contribution >= 0.6 is 22.6 Å². The molecule has 10 heavy (non-hydrogen) atoms. The number of aromatic nitrogens is 2. The van der Waals surface area contributed by atoms with Gasteiger partial charge < -0.3 is 0 Å². The molecule has 0 radical (unpaired) electrons. The fourth-order valence-electron chi connectivity index (χ4n) is 0.506. The van der Waals surface area contributed by atoms with Gasteiger partial charge in [0.2, 0.25) is 0 Å². The van der Waals surface area contributed by atoms with Crippen LogP contribution in [0.25, 0.3) is 0 Å². The standard InChI is InChI=1S/C6H5IN2O/c1-4(10)6-8-3-2-5(7)9-6/h2-3H,1H3. The predicted octanol–water partition coefficient (Wildman–Crippen LogP) is 1.28. The number of halogens is 1. The van der Waals surface area contributed by atoms with Crippen molar-refractivity contribution < 1.29 is 4.79 Å². The maximum atomic E-state index is 10.7. The average molecular weight is 248 g/mol. The Labute approximate surface area is 72.0 Å². The minimum atomic E-state index is -0.0986. The van der Waals surface area contributed by atoms with Gasteiger partial charge in [-0.15, -0.1) is 0 Å². The van der Waals surface area contributed by atoms with Crippen LogP contribution in [0.4, 0.5) is 0 Å². The first-order valence-electron chi connectivity index (χ1n) is 2.69. The monoisotopic (exact) mass is 248 g/mol. The number of hydrogen-bond donors (Lipinski definition) is 0. The third-order valence-corrected chi connectivity index (χ3v) is 1.54. The third-order valence-electron chi connectivity index (χ3n) is 0.936. The lowest BCUT2D eigenvalue weighted by atomic mass is 10.4. The topological polar surface area (TPSA) is 42.9 Å². The van der Waals surface area contributed by atoms with Gasteiger partial charge in [0, 0.05) is 13.1 Å². The predicted molar refractivity (Wildman–Crippen MR) is 44.8 cm³/mol. The highest BCUT2D eigenvalue weighted by Crippen LogP contribution is 1.98. The first-order chi connectivity index (χ1) is 4.70. The lowest BCUT2D eigenvalue weighted by Gasteiger charge is -1.91. The van der Waals surface area contributed by atoms with Crippen LogP contribution < -0.4 is 0 Å². The number of rotatable bonds is 1. The third kappa shape index (κ3) is 1.73. The van der Waals surface area contributed by atoms with Crippen LogP contribution in [0.3, 0.4) is 0 Å². The van der Waals surface area contributed by atoms with Gasteiger partial charge in [0.1, 0.15) is 3.70 Å². The van der Waals surface area contributed by atoms with E-state index in [1.165, 1.54) is 6.92 Å². The Kier molecular flexibility index (Phi) is 2.31. The van der Waals surface area contributed by atoms with Gasteiger partial charge in [-0.3, -0.25) is 4.79 Å². The number of nitrogens with zero attached hydrogens (tertiary/aromatic N) is 2. The van der Waals surface area contributed by atoms with Crippen molar-refractivity contribution in [3.8, 4) is 0 Å². The summed E-state index contributed by atoms with van der Waals surface area (Å²) < 4.78 is 0.790. The minimum absolute atomic E-state index is 0.0986. The molecule has 0 unspecified atom stereocenters. The number of hydrogen-bond acceptors (Lipinski definition) is 3. The Bertz CT molecular complexity index is 262. The summed E-state index contributed by atoms with van der Waals surface area (Å²) in [5, 5.41) is 0. The van der Waals surface area contributed by atoms with E-state index in [1.54, 1.807) is 12.3 Å². The molecule has 1 rings (SSSR count). The molecular weight excluding hydrogens is 243 g/mol. The van der Waals surface area contributed by atoms with Crippen LogP contribution in [0.15, 0.2) is 12.3 Å². The van der Waals surface area contributed by atoms with Crippen molar-refractivity contribution in [2.45, 2.75) is 6.92 Å². The molecule has 0 bridgehead atoms. The van der Waals surface area contributed by atoms with E-state index in [0.29, 0.717) is 0 Å². The first kappa shape index (κ1) is 7.59. The summed E-state index contributed by atoms with van der Waals surface area (Å²) >= 11 is 2.04. The van der Waals surface area contributed by atoms with E-state index in [0.717, 1.165) is 3.70 Å². The van der Waals surface area contributed by atoms with Crippen molar-refractivity contribution in [3.63, 3.8) is 0 Å². The van der Waals surface area contributed by atoms with Crippen molar-refractivity contribution in [1.82, 2.24) is 9.97 Å². The van der Waals surface area contributed by atoms with Gasteiger partial charge in [-0.25, -0.2) is 9.97 Å². The second kappa shape index (κ2) is 3.05. The fourth-order valence-corrected chi connectivity index (χ4v) is 0.896. The highest BCUT2D eigenvalue weighted by atomic mass is 127. The Hall–Kier alpha value is -0.520. The Balaban J connectivity index is 3.07. The van der Waals surface area contributed by atoms with E-state index in [1.807, 2.05) is 22.6 Å². The van der Waals surface area contributed by atoms with Gasteiger partial charge in [-0.1, -0.05) is 0 Å². The van der Waals surface area contributed by atoms with Crippen molar-refractivity contribution in [2.24, 2.45) is 0 Å². The zero-order chi connectivity index (χ0) is 7.56. The molecule has 0 amide bonds. The number of carbonyl (C=O) groups is 1. The number of carbonyl (C=O) groups excluding carboxylic acids is 1. The molecule has 0 aliphatic carbocycles. The number of Topliss-reactive ketones (excluding diaryl/α,β-unsaturated/α-hetero) is 1. The minimum Gasteiger partial charge on any atom is -0.291 e. The summed E-state index contributed by atoms with van der Waals surface area (Å²) in [6.07, 6.45) is 1.57. The van der Waals surface area contributed by atoms with Crippen LogP contribution in [0.2, 0.25) is 0 Å². The summed E-state index contributed by atoms with van der Waals surface area (Å²) in [7, 11) is 0. The SMILES string of the molecule is CC(=O)c1nccc(I)n1. The van der Waals surface area contributed by atoms with E-state index in [-0.39, 0.29) is 11.6 Å². The summed E-state index contributed by atoms with van der Waals surface area (Å²) in [6.45, 7) is 1.45. The van der Waals surface area contributed by atoms with Gasteiger partial charge in [-0.05, 0) is 28.7 Å². The van der Waals surface area contributed by atoms with Gasteiger partial charge in [-0.2, -0.15) is 0 Å². The zero-order valence-electron chi connectivity index (χ0n) is 5.34. The maximum Gasteiger partial charge on any atom is 0.197 e. The van der Waals surface area contributed by atoms with Gasteiger partial charge >= 0.3 is 0 Å². The van der Waals surface area contributed by atoms with Gasteiger partial charge in [0.15, 0.2) is 11.6 Å². The van der Waals surface area contributed by atoms with E-state index in [4.69, 9.17) is 0 Å². The van der Waals surface area contributed by atoms with Crippen LogP contribution in [0.1, 0.15) is 17.5 Å². The van der Waals surface area contributed by atoms with Crippen molar-refractivity contribution in [2.75, 3.05) is 0 Å². The first-order valence-corrected chi connectivity index (χ1v) is 3.77. The molecule has 4 heteroatoms. The largest absolute Gasteiger partial charge is 0.291 e. The van der Waals surface area contributed by atoms with Crippen LogP contribution in [-0.4, -0.2) is 15.8 Å². The molecule has 52 valence electrons. The lowest BCUT2D eigenvalue weighted by molar-refractivity contribution is 0.100. The molecule has 0 aromatic carbocycles. The normalized spacial score (nSPS) is 9.40. The number of ketones is 1. The summed E-state index contributed by atoms with van der Waals surface area (Å²) in [5.74, 6) is 0.186. The van der Waals surface area contributed by atoms with Crippen molar-refractivity contribution >= 4 is 28.4 Å². The zero-order valence-corrected chi connectivity index (χ0v) is 7.49. The summed E-state index contributed by atoms with van der Waals surface area (Å²) in [4.78, 5) is 18.3. The van der Waals surface area contributed by atoms with Crippen molar-refractivity contribution in [3.05, 3.63) is 21.8 Å². The van der Waals surface area contributed by atoms with Crippen molar-refractivity contribution in [1.29, 1.82) is 0 Å². The van der Waals surface area contributed by atoms with Crippen LogP contribution in [-0.2, 0) is 0 Å². The molecule has 0 N–H and O–H groups in total. The molecule has 0 atom stereocenters. The molecule has 0 aliphatic heterocycles. The molecule has 0 aliphatic rings. The molecule has 0 saturated carbocycles. The second-order valence-corrected chi connectivity index (χ2v) is 2.86. The maximum absolute atomic E-state index is 10.7. The summed E-state index contributed by atoms with van der Waals surface area (Å²) in [6, 6.07) is 1.74. The molecule has 0 spiro atoms. The molecule has 0 fully saturated rings. The Morgan fingerprint density at radius 1 is 1.70 bits per heavy atom. The molecular formula is C6H5IN2O. The average Bonchev–Trinajstić information content (AvgIpc) is 1.88. The lowest BCUT2D eigenvalue weighted by Crippen LogP contribution is -2.00. The molecule has 1 heterocycles. The Morgan fingerprint density at radius 3 is 2.80 bits per heavy atom. The Morgan fingerprint density at radius 2 is 2.40 bits per heavy atom. The van der Waals surface area contributed by atoms with Crippen LogP contribution in [0.5, 0.6) is 0 Å². The second-order valence-electron chi connectivity index (χ2n) is 1.76. The van der Waals surface area contributed by atoms with Gasteiger partial charge in [0.05, 0.1) is 0 Å². The van der Waals surface area contributed by atoms with Crippen LogP contribution in [0, 0.1) is 3.70 Å². The summed E-state index contributed by atoms with van der Waals surface area (Å²) in [5.41, 5.74) is 0. The molecule has 1 aromatic rings. The van der Waals surface area contributed by atoms with E-state index in [9.17, 15) is 4.79 Å². The van der Waals surface area contributed by atoms with E-state index < -0.39 is 0 Å². The molecule has 0 saturated heterocycles. The van der Waals surface area contributed by atoms with Gasteiger partial charge in [0.25, 0.3) is 0 Å². The van der Waals surface area contributed by atoms with E-state index >= 15 is 0 Å². The molecule has 1 aromatic heterocycles. The van der Waals surface area contributed by atoms with E-state index in [2.05, 4.69) is 9.97 Å². The highest BCUT2D eigenvalue weighted by molar-refractivity contribution is 14.1. The quantitative estimate of drug-likeness (QED) is 0.427. The molecule has 3 nitrogen and oxygen atoms in total. The smallest absolute Gasteiger partial charge is 0.197 e. The highest BCUT2D eigenvalue weighted by Gasteiger charge is 2.00.